The van der Waals surface area contributed by atoms with Crippen molar-refractivity contribution in [2.75, 3.05) is 19.6 Å². The van der Waals surface area contributed by atoms with Crippen LogP contribution in [0, 0.1) is 18.6 Å². The Morgan fingerprint density at radius 1 is 0.947 bits per heavy atom. The second-order valence-electron chi connectivity index (χ2n) is 10.7. The third kappa shape index (κ3) is 6.28. The predicted octanol–water partition coefficient (Wildman–Crippen LogP) is 7.13. The number of benzene rings is 3. The molecule has 2 amide bonds. The molecule has 2 fully saturated rings. The molecule has 2 aliphatic heterocycles. The number of hydrogen-bond acceptors (Lipinski definition) is 3. The summed E-state index contributed by atoms with van der Waals surface area (Å²) < 4.78 is 27.3. The van der Waals surface area contributed by atoms with Crippen molar-refractivity contribution < 1.29 is 18.1 Å². The minimum Gasteiger partial charge on any atom is -0.297 e. The monoisotopic (exact) mass is 536 g/mol. The second-order valence-corrected chi connectivity index (χ2v) is 11.8. The maximum Gasteiger partial charge on any atom is 0.418 e. The number of likely N-dealkylation sites (tertiary alicyclic amines) is 1. The zero-order valence-corrected chi connectivity index (χ0v) is 22.7. The molecule has 4 nitrogen and oxygen atoms in total. The maximum atomic E-state index is 13.8. The van der Waals surface area contributed by atoms with Gasteiger partial charge >= 0.3 is 6.03 Å². The highest BCUT2D eigenvalue weighted by Crippen LogP contribution is 2.35. The summed E-state index contributed by atoms with van der Waals surface area (Å²) in [6, 6.07) is 20.8. The standard InChI is InChI=1S/C31H35F2N3OS/c1-22-6-2-3-7-27(22)24-15-18-36(19-16-24,31(37)35-30-8-4-5-17-34-30)21-23-9-11-25(12-10-23)38-26-13-14-28(32)29(33)20-26/h2-3,6-7,9-14,20,24,30,34H,4-5,8,15-19,21H2,1H3/p+1/t24?,30-,36?/m0/s1. The summed E-state index contributed by atoms with van der Waals surface area (Å²) in [6.45, 7) is 5.34. The van der Waals surface area contributed by atoms with E-state index in [4.69, 9.17) is 0 Å². The molecule has 2 N–H and O–H groups in total. The first kappa shape index (κ1) is 26.9. The van der Waals surface area contributed by atoms with Gasteiger partial charge in [-0.15, -0.1) is 0 Å². The van der Waals surface area contributed by atoms with Crippen LogP contribution >= 0.6 is 11.8 Å². The Bertz CT molecular complexity index is 1250. The molecule has 0 saturated carbocycles. The van der Waals surface area contributed by atoms with Crippen LogP contribution in [0.4, 0.5) is 13.6 Å². The van der Waals surface area contributed by atoms with Crippen LogP contribution in [0.25, 0.3) is 0 Å². The van der Waals surface area contributed by atoms with E-state index in [1.54, 1.807) is 6.07 Å². The summed E-state index contributed by atoms with van der Waals surface area (Å²) in [7, 11) is 0. The summed E-state index contributed by atoms with van der Waals surface area (Å²) in [5.41, 5.74) is 3.82. The quantitative estimate of drug-likeness (QED) is 0.329. The molecule has 0 spiro atoms. The van der Waals surface area contributed by atoms with Crippen LogP contribution in [0.15, 0.2) is 76.5 Å². The molecule has 0 radical (unpaired) electrons. The second kappa shape index (κ2) is 12.0. The highest BCUT2D eigenvalue weighted by molar-refractivity contribution is 7.99. The van der Waals surface area contributed by atoms with E-state index < -0.39 is 11.6 Å². The molecule has 0 unspecified atom stereocenters. The van der Waals surface area contributed by atoms with E-state index in [9.17, 15) is 13.6 Å². The van der Waals surface area contributed by atoms with Crippen molar-refractivity contribution in [1.82, 2.24) is 10.6 Å². The van der Waals surface area contributed by atoms with Crippen LogP contribution in [0.2, 0.25) is 0 Å². The first-order valence-electron chi connectivity index (χ1n) is 13.6. The molecule has 3 aromatic carbocycles. The molecule has 200 valence electrons. The summed E-state index contributed by atoms with van der Waals surface area (Å²) in [6.07, 6.45) is 5.23. The number of nitrogens with zero attached hydrogens (tertiary/aromatic N) is 1. The van der Waals surface area contributed by atoms with Gasteiger partial charge in [0.2, 0.25) is 0 Å². The first-order chi connectivity index (χ1) is 18.4. The third-order valence-corrected chi connectivity index (χ3v) is 9.01. The predicted molar refractivity (Wildman–Crippen MR) is 148 cm³/mol. The van der Waals surface area contributed by atoms with E-state index >= 15 is 0 Å². The van der Waals surface area contributed by atoms with Gasteiger partial charge in [0.1, 0.15) is 6.54 Å². The summed E-state index contributed by atoms with van der Waals surface area (Å²) in [4.78, 5) is 15.4. The Morgan fingerprint density at radius 3 is 2.37 bits per heavy atom. The van der Waals surface area contributed by atoms with Crippen molar-refractivity contribution in [3.05, 3.63) is 95.1 Å². The lowest BCUT2D eigenvalue weighted by atomic mass is 9.85. The molecule has 5 rings (SSSR count). The van der Waals surface area contributed by atoms with Crippen molar-refractivity contribution >= 4 is 17.8 Å². The van der Waals surface area contributed by atoms with Crippen molar-refractivity contribution in [1.29, 1.82) is 0 Å². The Labute approximate surface area is 228 Å². The van der Waals surface area contributed by atoms with Gasteiger partial charge in [0.15, 0.2) is 11.6 Å². The van der Waals surface area contributed by atoms with Gasteiger partial charge in [0.25, 0.3) is 0 Å². The van der Waals surface area contributed by atoms with Gasteiger partial charge in [-0.2, -0.15) is 0 Å². The van der Waals surface area contributed by atoms with Crippen LogP contribution in [0.5, 0.6) is 0 Å². The van der Waals surface area contributed by atoms with Gasteiger partial charge in [-0.25, -0.2) is 18.1 Å². The fourth-order valence-corrected chi connectivity index (χ4v) is 6.64. The minimum absolute atomic E-state index is 0.0372. The van der Waals surface area contributed by atoms with Gasteiger partial charge in [-0.3, -0.25) is 10.6 Å². The number of halogens is 2. The van der Waals surface area contributed by atoms with Gasteiger partial charge in [0.05, 0.1) is 19.3 Å². The molecule has 2 aliphatic rings. The fraction of sp³-hybridized carbons (Fsp3) is 0.387. The number of piperidine rings is 2. The third-order valence-electron chi connectivity index (χ3n) is 8.01. The highest BCUT2D eigenvalue weighted by Gasteiger charge is 2.42. The maximum absolute atomic E-state index is 13.8. The number of quaternary nitrogens is 1. The van der Waals surface area contributed by atoms with E-state index in [1.807, 2.05) is 12.1 Å². The summed E-state index contributed by atoms with van der Waals surface area (Å²) >= 11 is 1.39. The van der Waals surface area contributed by atoms with Crippen molar-refractivity contribution in [2.45, 2.75) is 67.4 Å². The molecule has 0 aliphatic carbocycles. The van der Waals surface area contributed by atoms with Gasteiger partial charge in [-0.1, -0.05) is 48.2 Å². The SMILES string of the molecule is Cc1ccccc1C1CC[N+](Cc2ccc(Sc3ccc(F)c(F)c3)cc2)(C(=O)N[C@H]2CCCCN2)CC1. The number of aryl methyl sites for hydroxylation is 1. The average molecular weight is 537 g/mol. The van der Waals surface area contributed by atoms with Crippen molar-refractivity contribution in [2.24, 2.45) is 0 Å². The number of nitrogens with one attached hydrogen (secondary N) is 2. The minimum atomic E-state index is -0.842. The lowest BCUT2D eigenvalue weighted by molar-refractivity contribution is -0.869. The van der Waals surface area contributed by atoms with Gasteiger partial charge in [-0.05, 0) is 80.1 Å². The highest BCUT2D eigenvalue weighted by atomic mass is 32.2. The number of urea groups is 1. The number of amides is 2. The molecule has 38 heavy (non-hydrogen) atoms. The average Bonchev–Trinajstić information content (AvgIpc) is 2.93. The zero-order chi connectivity index (χ0) is 26.5. The van der Waals surface area contributed by atoms with Crippen LogP contribution < -0.4 is 10.6 Å². The molecule has 0 bridgehead atoms. The molecule has 7 heteroatoms. The molecular weight excluding hydrogens is 500 g/mol. The lowest BCUT2D eigenvalue weighted by Crippen LogP contribution is -2.63. The lowest BCUT2D eigenvalue weighted by Gasteiger charge is -2.42. The zero-order valence-electron chi connectivity index (χ0n) is 21.9. The first-order valence-corrected chi connectivity index (χ1v) is 14.4. The van der Waals surface area contributed by atoms with Gasteiger partial charge in [0, 0.05) is 28.2 Å². The van der Waals surface area contributed by atoms with Crippen LogP contribution in [0.3, 0.4) is 0 Å². The van der Waals surface area contributed by atoms with E-state index in [2.05, 4.69) is 54.0 Å². The smallest absolute Gasteiger partial charge is 0.297 e. The molecule has 3 aromatic rings. The Balaban J connectivity index is 1.31. The molecular formula is C31H36F2N3OS+. The molecule has 2 heterocycles. The largest absolute Gasteiger partial charge is 0.418 e. The normalized spacial score (nSPS) is 23.7. The Morgan fingerprint density at radius 2 is 1.68 bits per heavy atom. The van der Waals surface area contributed by atoms with Crippen molar-refractivity contribution in [3.8, 4) is 0 Å². The van der Waals surface area contributed by atoms with Crippen LogP contribution in [0.1, 0.15) is 54.7 Å². The molecule has 2 saturated heterocycles. The van der Waals surface area contributed by atoms with E-state index in [-0.39, 0.29) is 12.2 Å². The topological polar surface area (TPSA) is 41.1 Å². The Hall–Kier alpha value is -2.74. The van der Waals surface area contributed by atoms with Crippen molar-refractivity contribution in [3.63, 3.8) is 0 Å². The van der Waals surface area contributed by atoms with Gasteiger partial charge < -0.3 is 0 Å². The summed E-state index contributed by atoms with van der Waals surface area (Å²) in [5.74, 6) is -1.21. The number of hydrogen-bond donors (Lipinski definition) is 2. The molecule has 1 atom stereocenters. The van der Waals surface area contributed by atoms with E-state index in [1.165, 1.54) is 29.0 Å². The number of rotatable bonds is 6. The number of carbonyl (C=O) groups is 1. The van der Waals surface area contributed by atoms with E-state index in [0.717, 1.165) is 68.3 Å². The fourth-order valence-electron chi connectivity index (χ4n) is 5.80. The molecule has 0 aromatic heterocycles. The van der Waals surface area contributed by atoms with Crippen LogP contribution in [-0.2, 0) is 6.54 Å². The Kier molecular flexibility index (Phi) is 8.46. The van der Waals surface area contributed by atoms with Crippen LogP contribution in [-0.4, -0.2) is 36.3 Å². The number of carbonyl (C=O) groups excluding carboxylic acids is 1. The summed E-state index contributed by atoms with van der Waals surface area (Å²) in [5, 5.41) is 6.78. The van der Waals surface area contributed by atoms with E-state index in [0.29, 0.717) is 21.8 Å².